The first kappa shape index (κ1) is 13.9. The van der Waals surface area contributed by atoms with Gasteiger partial charge in [0, 0.05) is 12.5 Å². The van der Waals surface area contributed by atoms with E-state index in [9.17, 15) is 9.59 Å². The number of piperazine rings is 1. The molecule has 7 heteroatoms. The van der Waals surface area contributed by atoms with E-state index in [2.05, 4.69) is 31.2 Å². The van der Waals surface area contributed by atoms with Gasteiger partial charge in [-0.05, 0) is 29.8 Å². The second-order valence-corrected chi connectivity index (χ2v) is 5.65. The van der Waals surface area contributed by atoms with Crippen LogP contribution in [0.3, 0.4) is 0 Å². The predicted octanol–water partition coefficient (Wildman–Crippen LogP) is 1.04. The molecule has 2 amide bonds. The van der Waals surface area contributed by atoms with Gasteiger partial charge in [0.05, 0.1) is 6.54 Å². The quantitative estimate of drug-likeness (QED) is 0.649. The van der Waals surface area contributed by atoms with Gasteiger partial charge in [0.2, 0.25) is 5.91 Å². The molecule has 0 aliphatic carbocycles. The lowest BCUT2D eigenvalue weighted by atomic mass is 9.99. The summed E-state index contributed by atoms with van der Waals surface area (Å²) in [6.07, 6.45) is 0.681. The highest BCUT2D eigenvalue weighted by atomic mass is 79.9. The van der Waals surface area contributed by atoms with Crippen molar-refractivity contribution in [1.29, 1.82) is 0 Å². The third-order valence-electron chi connectivity index (χ3n) is 3.11. The van der Waals surface area contributed by atoms with Crippen molar-refractivity contribution >= 4 is 33.6 Å². The summed E-state index contributed by atoms with van der Waals surface area (Å²) in [6.45, 7) is 5.57. The van der Waals surface area contributed by atoms with E-state index in [0.717, 1.165) is 0 Å². The van der Waals surface area contributed by atoms with E-state index in [1.807, 2.05) is 6.92 Å². The standard InChI is InChI=1S/C12H15BrN4O2/c1-4-8-14-7(13)5-9(15-8)17-6-10(18)16-11(19)12(17,2)3/h5H,4,6H2,1-3H3,(H,16,18,19). The molecule has 1 aromatic heterocycles. The van der Waals surface area contributed by atoms with Gasteiger partial charge >= 0.3 is 0 Å². The maximum atomic E-state index is 11.9. The van der Waals surface area contributed by atoms with Crippen molar-refractivity contribution in [2.75, 3.05) is 11.4 Å². The van der Waals surface area contributed by atoms with Crippen LogP contribution in [0.5, 0.6) is 0 Å². The third kappa shape index (κ3) is 2.60. The van der Waals surface area contributed by atoms with Crippen LogP contribution in [-0.2, 0) is 16.0 Å². The number of hydrogen-bond acceptors (Lipinski definition) is 5. The number of amides is 2. The Bertz CT molecular complexity index is 545. The Balaban J connectivity index is 2.46. The van der Waals surface area contributed by atoms with Crippen molar-refractivity contribution in [2.45, 2.75) is 32.7 Å². The highest BCUT2D eigenvalue weighted by Crippen LogP contribution is 2.26. The molecule has 0 saturated carbocycles. The fourth-order valence-corrected chi connectivity index (χ4v) is 2.31. The second kappa shape index (κ2) is 4.88. The largest absolute Gasteiger partial charge is 0.333 e. The topological polar surface area (TPSA) is 75.2 Å². The van der Waals surface area contributed by atoms with Crippen molar-refractivity contribution in [1.82, 2.24) is 15.3 Å². The Morgan fingerprint density at radius 3 is 2.74 bits per heavy atom. The number of hydrogen-bond donors (Lipinski definition) is 1. The molecular formula is C12H15BrN4O2. The van der Waals surface area contributed by atoms with Crippen LogP contribution < -0.4 is 10.2 Å². The van der Waals surface area contributed by atoms with E-state index in [1.54, 1.807) is 24.8 Å². The summed E-state index contributed by atoms with van der Waals surface area (Å²) in [5.74, 6) is 0.596. The van der Waals surface area contributed by atoms with Gasteiger partial charge in [-0.25, -0.2) is 9.97 Å². The SMILES string of the molecule is CCc1nc(Br)cc(N2CC(=O)NC(=O)C2(C)C)n1. The Morgan fingerprint density at radius 2 is 2.11 bits per heavy atom. The van der Waals surface area contributed by atoms with Crippen molar-refractivity contribution < 1.29 is 9.59 Å². The average Bonchev–Trinajstić information content (AvgIpc) is 2.33. The molecule has 2 heterocycles. The van der Waals surface area contributed by atoms with Crippen molar-refractivity contribution in [3.63, 3.8) is 0 Å². The molecule has 1 aliphatic rings. The first-order valence-electron chi connectivity index (χ1n) is 6.00. The molecule has 1 aliphatic heterocycles. The summed E-state index contributed by atoms with van der Waals surface area (Å²) in [7, 11) is 0. The number of nitrogens with zero attached hydrogens (tertiary/aromatic N) is 3. The van der Waals surface area contributed by atoms with Crippen LogP contribution in [0.25, 0.3) is 0 Å². The monoisotopic (exact) mass is 326 g/mol. The van der Waals surface area contributed by atoms with Crippen LogP contribution in [0.4, 0.5) is 5.82 Å². The molecular weight excluding hydrogens is 312 g/mol. The molecule has 0 radical (unpaired) electrons. The minimum atomic E-state index is -0.827. The maximum absolute atomic E-state index is 11.9. The second-order valence-electron chi connectivity index (χ2n) is 4.84. The summed E-state index contributed by atoms with van der Waals surface area (Å²) in [4.78, 5) is 33.8. The van der Waals surface area contributed by atoms with Crippen molar-refractivity contribution in [3.8, 4) is 0 Å². The molecule has 1 aromatic rings. The van der Waals surface area contributed by atoms with Gasteiger partial charge in [0.25, 0.3) is 5.91 Å². The van der Waals surface area contributed by atoms with Gasteiger partial charge in [0.1, 0.15) is 21.8 Å². The van der Waals surface area contributed by atoms with Crippen LogP contribution in [-0.4, -0.2) is 33.9 Å². The van der Waals surface area contributed by atoms with E-state index < -0.39 is 5.54 Å². The van der Waals surface area contributed by atoms with E-state index in [0.29, 0.717) is 22.7 Å². The van der Waals surface area contributed by atoms with Crippen LogP contribution in [0.2, 0.25) is 0 Å². The highest BCUT2D eigenvalue weighted by Gasteiger charge is 2.41. The molecule has 1 saturated heterocycles. The van der Waals surface area contributed by atoms with Gasteiger partial charge in [-0.2, -0.15) is 0 Å². The Hall–Kier alpha value is -1.50. The minimum absolute atomic E-state index is 0.103. The molecule has 0 unspecified atom stereocenters. The summed E-state index contributed by atoms with van der Waals surface area (Å²) < 4.78 is 0.642. The van der Waals surface area contributed by atoms with Crippen LogP contribution in [0, 0.1) is 0 Å². The van der Waals surface area contributed by atoms with E-state index in [1.165, 1.54) is 0 Å². The summed E-state index contributed by atoms with van der Waals surface area (Å²) in [5, 5.41) is 2.34. The van der Waals surface area contributed by atoms with Gasteiger partial charge in [-0.1, -0.05) is 6.92 Å². The van der Waals surface area contributed by atoms with Gasteiger partial charge in [-0.3, -0.25) is 14.9 Å². The molecule has 0 atom stereocenters. The smallest absolute Gasteiger partial charge is 0.251 e. The average molecular weight is 327 g/mol. The number of carbonyl (C=O) groups is 2. The molecule has 0 bridgehead atoms. The summed E-state index contributed by atoms with van der Waals surface area (Å²) in [6, 6.07) is 1.72. The fraction of sp³-hybridized carbons (Fsp3) is 0.500. The molecule has 102 valence electrons. The first-order chi connectivity index (χ1) is 8.84. The molecule has 1 N–H and O–H groups in total. The lowest BCUT2D eigenvalue weighted by Gasteiger charge is -2.41. The number of aryl methyl sites for hydroxylation is 1. The van der Waals surface area contributed by atoms with Crippen LogP contribution >= 0.6 is 15.9 Å². The molecule has 1 fully saturated rings. The fourth-order valence-electron chi connectivity index (χ4n) is 1.90. The number of aromatic nitrogens is 2. The minimum Gasteiger partial charge on any atom is -0.333 e. The number of nitrogens with one attached hydrogen (secondary N) is 1. The zero-order chi connectivity index (χ0) is 14.2. The highest BCUT2D eigenvalue weighted by molar-refractivity contribution is 9.10. The van der Waals surface area contributed by atoms with E-state index >= 15 is 0 Å². The maximum Gasteiger partial charge on any atom is 0.251 e. The van der Waals surface area contributed by atoms with Crippen LogP contribution in [0.15, 0.2) is 10.7 Å². The third-order valence-corrected chi connectivity index (χ3v) is 3.51. The lowest BCUT2D eigenvalue weighted by molar-refractivity contribution is -0.135. The summed E-state index contributed by atoms with van der Waals surface area (Å²) in [5.41, 5.74) is -0.827. The summed E-state index contributed by atoms with van der Waals surface area (Å²) >= 11 is 3.32. The van der Waals surface area contributed by atoms with Gasteiger partial charge in [-0.15, -0.1) is 0 Å². The van der Waals surface area contributed by atoms with Gasteiger partial charge in [0.15, 0.2) is 0 Å². The Labute approximate surface area is 119 Å². The normalized spacial score (nSPS) is 18.4. The van der Waals surface area contributed by atoms with E-state index in [4.69, 9.17) is 0 Å². The Kier molecular flexibility index (Phi) is 3.58. The van der Waals surface area contributed by atoms with Crippen LogP contribution in [0.1, 0.15) is 26.6 Å². The zero-order valence-electron chi connectivity index (χ0n) is 11.0. The molecule has 19 heavy (non-hydrogen) atoms. The Morgan fingerprint density at radius 1 is 1.42 bits per heavy atom. The molecule has 0 spiro atoms. The first-order valence-corrected chi connectivity index (χ1v) is 6.79. The predicted molar refractivity (Wildman–Crippen MR) is 73.7 cm³/mol. The van der Waals surface area contributed by atoms with Crippen molar-refractivity contribution in [3.05, 3.63) is 16.5 Å². The van der Waals surface area contributed by atoms with E-state index in [-0.39, 0.29) is 18.4 Å². The van der Waals surface area contributed by atoms with Gasteiger partial charge < -0.3 is 4.90 Å². The lowest BCUT2D eigenvalue weighted by Crippen LogP contribution is -2.64. The molecule has 0 aromatic carbocycles. The molecule has 6 nitrogen and oxygen atoms in total. The number of rotatable bonds is 2. The molecule has 2 rings (SSSR count). The number of carbonyl (C=O) groups excluding carboxylic acids is 2. The number of imide groups is 1. The number of anilines is 1. The number of halogens is 1. The zero-order valence-corrected chi connectivity index (χ0v) is 12.6. The van der Waals surface area contributed by atoms with Crippen molar-refractivity contribution in [2.24, 2.45) is 0 Å².